The van der Waals surface area contributed by atoms with Gasteiger partial charge in [-0.3, -0.25) is 0 Å². The summed E-state index contributed by atoms with van der Waals surface area (Å²) in [5.74, 6) is -0.239. The molecule has 7 nitrogen and oxygen atoms in total. The van der Waals surface area contributed by atoms with Gasteiger partial charge < -0.3 is 4.90 Å². The van der Waals surface area contributed by atoms with Crippen LogP contribution in [0, 0.1) is 0 Å². The largest absolute Gasteiger partial charge is 0.369 e. The first-order valence-corrected chi connectivity index (χ1v) is 11.0. The van der Waals surface area contributed by atoms with Crippen LogP contribution in [0.4, 0.5) is 5.69 Å². The molecule has 0 radical (unpaired) electrons. The Morgan fingerprint density at radius 3 is 2.35 bits per heavy atom. The number of rotatable bonds is 6. The lowest BCUT2D eigenvalue weighted by molar-refractivity contribution is 0.385. The van der Waals surface area contributed by atoms with E-state index in [4.69, 9.17) is 11.6 Å². The summed E-state index contributed by atoms with van der Waals surface area (Å²) in [5.41, 5.74) is 0.966. The molecule has 1 aromatic rings. The highest BCUT2D eigenvalue weighted by Crippen LogP contribution is 2.21. The molecule has 1 aliphatic heterocycles. The van der Waals surface area contributed by atoms with Crippen LogP contribution in [0.5, 0.6) is 0 Å². The Labute approximate surface area is 142 Å². The van der Waals surface area contributed by atoms with E-state index in [0.29, 0.717) is 31.2 Å². The third kappa shape index (κ3) is 5.61. The molecule has 0 aromatic heterocycles. The first-order chi connectivity index (χ1) is 10.7. The Kier molecular flexibility index (Phi) is 5.90. The molecular weight excluding hydrogens is 362 g/mol. The van der Waals surface area contributed by atoms with Crippen molar-refractivity contribution in [1.29, 1.82) is 0 Å². The van der Waals surface area contributed by atoms with Gasteiger partial charge in [-0.2, -0.15) is 4.31 Å². The first-order valence-electron chi connectivity index (χ1n) is 7.10. The molecular formula is C13H20ClN3O4S2. The molecule has 0 atom stereocenters. The van der Waals surface area contributed by atoms with Crippen LogP contribution in [0.3, 0.4) is 0 Å². The molecule has 1 saturated heterocycles. The molecule has 0 unspecified atom stereocenters. The normalized spacial score (nSPS) is 17.4. The lowest BCUT2D eigenvalue weighted by atomic mass is 10.2. The highest BCUT2D eigenvalue weighted by atomic mass is 35.5. The van der Waals surface area contributed by atoms with Gasteiger partial charge in [0.1, 0.15) is 0 Å². The maximum absolute atomic E-state index is 12.2. The summed E-state index contributed by atoms with van der Waals surface area (Å²) in [6.07, 6.45) is 1.00. The molecule has 10 heteroatoms. The SMILES string of the molecule is CS(=O)(=O)NCCS(=O)(=O)N1CCN(c2cccc(Cl)c2)CC1. The summed E-state index contributed by atoms with van der Waals surface area (Å²) < 4.78 is 50.0. The molecule has 2 rings (SSSR count). The van der Waals surface area contributed by atoms with E-state index in [1.54, 1.807) is 6.07 Å². The van der Waals surface area contributed by atoms with E-state index in [1.165, 1.54) is 4.31 Å². The second-order valence-electron chi connectivity index (χ2n) is 5.35. The third-order valence-corrected chi connectivity index (χ3v) is 6.37. The van der Waals surface area contributed by atoms with Crippen molar-refractivity contribution in [2.45, 2.75) is 0 Å². The number of hydrogen-bond donors (Lipinski definition) is 1. The van der Waals surface area contributed by atoms with Crippen LogP contribution in [0.2, 0.25) is 5.02 Å². The molecule has 1 aliphatic rings. The summed E-state index contributed by atoms with van der Waals surface area (Å²) in [4.78, 5) is 2.08. The van der Waals surface area contributed by atoms with E-state index in [2.05, 4.69) is 9.62 Å². The van der Waals surface area contributed by atoms with Crippen molar-refractivity contribution >= 4 is 37.3 Å². The van der Waals surface area contributed by atoms with Gasteiger partial charge in [0.2, 0.25) is 20.0 Å². The topological polar surface area (TPSA) is 86.8 Å². The van der Waals surface area contributed by atoms with Crippen LogP contribution in [-0.4, -0.2) is 65.9 Å². The lowest BCUT2D eigenvalue weighted by Crippen LogP contribution is -2.50. The summed E-state index contributed by atoms with van der Waals surface area (Å²) in [7, 11) is -6.85. The fraction of sp³-hybridized carbons (Fsp3) is 0.538. The summed E-state index contributed by atoms with van der Waals surface area (Å²) in [5, 5.41) is 0.643. The molecule has 0 saturated carbocycles. The van der Waals surface area contributed by atoms with E-state index in [0.717, 1.165) is 11.9 Å². The highest BCUT2D eigenvalue weighted by Gasteiger charge is 2.27. The minimum atomic E-state index is -3.47. The third-order valence-electron chi connectivity index (χ3n) is 3.53. The predicted octanol–water partition coefficient (Wildman–Crippen LogP) is 0.341. The van der Waals surface area contributed by atoms with Crippen molar-refractivity contribution < 1.29 is 16.8 Å². The van der Waals surface area contributed by atoms with E-state index in [9.17, 15) is 16.8 Å². The molecule has 23 heavy (non-hydrogen) atoms. The summed E-state index contributed by atoms with van der Waals surface area (Å²) in [6.45, 7) is 1.76. The number of halogens is 1. The molecule has 1 aromatic carbocycles. The number of nitrogens with zero attached hydrogens (tertiary/aromatic N) is 2. The van der Waals surface area contributed by atoms with Gasteiger partial charge in [0.25, 0.3) is 0 Å². The fourth-order valence-electron chi connectivity index (χ4n) is 2.38. The van der Waals surface area contributed by atoms with Crippen LogP contribution >= 0.6 is 11.6 Å². The molecule has 1 N–H and O–H groups in total. The number of benzene rings is 1. The molecule has 0 amide bonds. The zero-order valence-electron chi connectivity index (χ0n) is 12.8. The number of sulfonamides is 2. The standard InChI is InChI=1S/C13H20ClN3O4S2/c1-22(18,19)15-5-10-23(20,21)17-8-6-16(7-9-17)13-4-2-3-12(14)11-13/h2-4,11,15H,5-10H2,1H3. The number of anilines is 1. The molecule has 130 valence electrons. The van der Waals surface area contributed by atoms with Gasteiger partial charge >= 0.3 is 0 Å². The zero-order valence-corrected chi connectivity index (χ0v) is 15.2. The average Bonchev–Trinajstić information content (AvgIpc) is 2.46. The van der Waals surface area contributed by atoms with E-state index in [-0.39, 0.29) is 12.3 Å². The van der Waals surface area contributed by atoms with Crippen LogP contribution in [0.25, 0.3) is 0 Å². The van der Waals surface area contributed by atoms with Crippen LogP contribution in [0.1, 0.15) is 0 Å². The lowest BCUT2D eigenvalue weighted by Gasteiger charge is -2.35. The minimum absolute atomic E-state index is 0.115. The number of piperazine rings is 1. The molecule has 0 aliphatic carbocycles. The predicted molar refractivity (Wildman–Crippen MR) is 91.9 cm³/mol. The van der Waals surface area contributed by atoms with E-state index in [1.807, 2.05) is 18.2 Å². The monoisotopic (exact) mass is 381 g/mol. The van der Waals surface area contributed by atoms with Gasteiger partial charge in [-0.25, -0.2) is 21.6 Å². The van der Waals surface area contributed by atoms with Gasteiger partial charge in [-0.1, -0.05) is 17.7 Å². The fourth-order valence-corrected chi connectivity index (χ4v) is 4.51. The maximum Gasteiger partial charge on any atom is 0.215 e. The molecule has 1 fully saturated rings. The van der Waals surface area contributed by atoms with Crippen LogP contribution in [0.15, 0.2) is 24.3 Å². The molecule has 1 heterocycles. The van der Waals surface area contributed by atoms with Crippen molar-refractivity contribution in [3.8, 4) is 0 Å². The molecule has 0 bridgehead atoms. The first kappa shape index (κ1) is 18.5. The minimum Gasteiger partial charge on any atom is -0.369 e. The Morgan fingerprint density at radius 2 is 1.78 bits per heavy atom. The second kappa shape index (κ2) is 7.35. The van der Waals surface area contributed by atoms with E-state index < -0.39 is 20.0 Å². The summed E-state index contributed by atoms with van der Waals surface area (Å²) in [6, 6.07) is 7.44. The van der Waals surface area contributed by atoms with Gasteiger partial charge in [0, 0.05) is 43.4 Å². The van der Waals surface area contributed by atoms with Gasteiger partial charge in [0.15, 0.2) is 0 Å². The van der Waals surface area contributed by atoms with Gasteiger partial charge in [-0.05, 0) is 18.2 Å². The number of nitrogens with one attached hydrogen (secondary N) is 1. The number of hydrogen-bond acceptors (Lipinski definition) is 5. The highest BCUT2D eigenvalue weighted by molar-refractivity contribution is 7.89. The van der Waals surface area contributed by atoms with Crippen molar-refractivity contribution in [3.05, 3.63) is 29.3 Å². The van der Waals surface area contributed by atoms with Gasteiger partial charge in [-0.15, -0.1) is 0 Å². The Balaban J connectivity index is 1.90. The Hall–Kier alpha value is -0.870. The summed E-state index contributed by atoms with van der Waals surface area (Å²) >= 11 is 5.97. The maximum atomic E-state index is 12.2. The van der Waals surface area contributed by atoms with Crippen molar-refractivity contribution in [1.82, 2.24) is 9.03 Å². The smallest absolute Gasteiger partial charge is 0.215 e. The Morgan fingerprint density at radius 1 is 1.13 bits per heavy atom. The van der Waals surface area contributed by atoms with Crippen LogP contribution in [-0.2, 0) is 20.0 Å². The Bertz CT molecular complexity index is 744. The van der Waals surface area contributed by atoms with Crippen LogP contribution < -0.4 is 9.62 Å². The van der Waals surface area contributed by atoms with E-state index >= 15 is 0 Å². The van der Waals surface area contributed by atoms with Gasteiger partial charge in [0.05, 0.1) is 12.0 Å². The van der Waals surface area contributed by atoms with Crippen molar-refractivity contribution in [2.24, 2.45) is 0 Å². The molecule has 0 spiro atoms. The van der Waals surface area contributed by atoms with Crippen molar-refractivity contribution in [2.75, 3.05) is 49.6 Å². The second-order valence-corrected chi connectivity index (χ2v) is 9.71. The van der Waals surface area contributed by atoms with Crippen molar-refractivity contribution in [3.63, 3.8) is 0 Å². The average molecular weight is 382 g/mol. The zero-order chi connectivity index (χ0) is 17.1. The quantitative estimate of drug-likeness (QED) is 0.767.